The van der Waals surface area contributed by atoms with E-state index in [0.717, 1.165) is 17.2 Å². The van der Waals surface area contributed by atoms with Gasteiger partial charge in [-0.1, -0.05) is 18.2 Å². The van der Waals surface area contributed by atoms with Gasteiger partial charge in [-0.3, -0.25) is 0 Å². The number of imidazole rings is 2. The number of hydrogen-bond donors (Lipinski definition) is 7. The number of thiol groups is 2. The molecule has 0 unspecified atom stereocenters. The molecule has 5 N–H and O–H groups in total. The van der Waals surface area contributed by atoms with Gasteiger partial charge in [-0.25, -0.2) is 0 Å². The quantitative estimate of drug-likeness (QED) is 0.0955. The van der Waals surface area contributed by atoms with Crippen LogP contribution in [0.3, 0.4) is 0 Å². The van der Waals surface area contributed by atoms with E-state index in [-0.39, 0.29) is 34.1 Å². The molecule has 312 valence electrons. The first kappa shape index (κ1) is 40.9. The minimum absolute atomic E-state index is 0.0399. The first-order valence-electron chi connectivity index (χ1n) is 17.5. The molecule has 0 radical (unpaired) electrons. The maximum atomic E-state index is 16.5. The molecule has 3 aliphatic rings. The van der Waals surface area contributed by atoms with Crippen molar-refractivity contribution >= 4 is 84.7 Å². The van der Waals surface area contributed by atoms with E-state index in [4.69, 9.17) is 27.6 Å². The molecule has 0 saturated carbocycles. The Morgan fingerprint density at radius 1 is 0.862 bits per heavy atom. The van der Waals surface area contributed by atoms with Gasteiger partial charge in [-0.15, -0.1) is 0 Å². The number of benzene rings is 1. The van der Waals surface area contributed by atoms with Gasteiger partial charge in [-0.2, -0.15) is 0 Å². The van der Waals surface area contributed by atoms with Gasteiger partial charge in [0.2, 0.25) is 0 Å². The summed E-state index contributed by atoms with van der Waals surface area (Å²) < 4.78 is 69.9. The van der Waals surface area contributed by atoms with Crippen LogP contribution in [0.2, 0.25) is 0 Å². The van der Waals surface area contributed by atoms with E-state index in [1.165, 1.54) is 10.9 Å². The average molecular weight is 889 g/mol. The number of nitrogens with one attached hydrogen (secondary N) is 3. The Hall–Kier alpha value is -3.84. The van der Waals surface area contributed by atoms with Crippen LogP contribution in [-0.2, 0) is 32.4 Å². The Kier molecular flexibility index (Phi) is 11.3. The molecule has 7 heterocycles. The fraction of sp³-hybridized carbons (Fsp3) is 0.419. The Morgan fingerprint density at radius 2 is 1.43 bits per heavy atom. The number of hydrogen-bond acceptors (Lipinski definition) is 18. The minimum atomic E-state index is -4.64. The number of alkyl halides is 2. The average Bonchev–Trinajstić information content (AvgIpc) is 3.94. The molecule has 2 amide bonds. The molecule has 0 aliphatic carbocycles. The van der Waals surface area contributed by atoms with Crippen LogP contribution in [0, 0.1) is 5.92 Å². The van der Waals surface area contributed by atoms with E-state index in [1.807, 2.05) is 0 Å². The van der Waals surface area contributed by atoms with E-state index < -0.39 is 100 Å². The molecule has 3 saturated heterocycles. The van der Waals surface area contributed by atoms with Crippen molar-refractivity contribution in [2.75, 3.05) is 23.8 Å². The van der Waals surface area contributed by atoms with Crippen LogP contribution in [-0.4, -0.2) is 111 Å². The first-order valence-corrected chi connectivity index (χ1v) is 23.6. The summed E-state index contributed by atoms with van der Waals surface area (Å²) in [6, 6.07) is 8.35. The number of aromatic nitrogens is 8. The van der Waals surface area contributed by atoms with E-state index >= 15 is 8.78 Å². The van der Waals surface area contributed by atoms with Crippen LogP contribution < -0.4 is 16.2 Å². The molecule has 0 spiro atoms. The first-order chi connectivity index (χ1) is 27.6. The van der Waals surface area contributed by atoms with Crippen LogP contribution >= 0.6 is 38.8 Å². The van der Waals surface area contributed by atoms with Gasteiger partial charge in [0.15, 0.2) is 0 Å². The number of fused-ring (bicyclic) bond motifs is 4. The van der Waals surface area contributed by atoms with Gasteiger partial charge < -0.3 is 0 Å². The predicted octanol–water partition coefficient (Wildman–Crippen LogP) is 2.76. The number of anilines is 2. The van der Waals surface area contributed by atoms with Crippen LogP contribution in [0.4, 0.5) is 20.5 Å². The monoisotopic (exact) mass is 888 g/mol. The van der Waals surface area contributed by atoms with Crippen molar-refractivity contribution in [3.05, 3.63) is 65.2 Å². The van der Waals surface area contributed by atoms with Crippen molar-refractivity contribution < 1.29 is 55.7 Å². The third-order valence-corrected chi connectivity index (χ3v) is 13.0. The molecule has 8 rings (SSSR count). The summed E-state index contributed by atoms with van der Waals surface area (Å²) in [5, 5.41) is 5.13. The molecule has 0 bridgehead atoms. The van der Waals surface area contributed by atoms with Gasteiger partial charge in [0.1, 0.15) is 0 Å². The summed E-state index contributed by atoms with van der Waals surface area (Å²) in [6.45, 7) is 1.95. The molecule has 8 atom stereocenters. The Labute approximate surface area is 336 Å². The zero-order chi connectivity index (χ0) is 41.1. The van der Waals surface area contributed by atoms with E-state index in [9.17, 15) is 24.2 Å². The van der Waals surface area contributed by atoms with Crippen molar-refractivity contribution in [1.82, 2.24) is 39.0 Å². The normalized spacial score (nSPS) is 29.5. The number of carbonyl (C=O) groups excluding carboxylic acids is 2. The van der Waals surface area contributed by atoms with E-state index in [1.54, 1.807) is 44.2 Å². The number of amides is 2. The van der Waals surface area contributed by atoms with Crippen LogP contribution in [0.15, 0.2) is 54.1 Å². The van der Waals surface area contributed by atoms with E-state index in [0.29, 0.717) is 5.56 Å². The molecule has 3 fully saturated rings. The second-order valence-corrected chi connectivity index (χ2v) is 20.3. The molecular weight excluding hydrogens is 852 g/mol. The van der Waals surface area contributed by atoms with E-state index in [2.05, 4.69) is 65.0 Å². The SMILES string of the molecule is CC(C)C(=O)Nc1nc2c(ncn2[C@@H]2O[C@@H]3CO[PH](O)(S)O[C@H]4[C@@H](F)[C@H](n5cnc6c(NC(=O)c7ccccc7)ncnc65)O[C@@H]4CO[PH](O)(S)O[C@H]3[C@H]2F)c(=O)[nH]1. The summed E-state index contributed by atoms with van der Waals surface area (Å²) >= 11 is 8.36. The van der Waals surface area contributed by atoms with Crippen LogP contribution in [0.5, 0.6) is 0 Å². The Balaban J connectivity index is 1.03. The predicted molar refractivity (Wildman–Crippen MR) is 210 cm³/mol. The van der Waals surface area contributed by atoms with Crippen molar-refractivity contribution in [2.45, 2.75) is 63.1 Å². The molecule has 1 aromatic carbocycles. The van der Waals surface area contributed by atoms with Crippen molar-refractivity contribution in [2.24, 2.45) is 5.92 Å². The van der Waals surface area contributed by atoms with Gasteiger partial charge >= 0.3 is 319 Å². The third kappa shape index (κ3) is 8.06. The molecule has 3 aliphatic heterocycles. The van der Waals surface area contributed by atoms with Crippen molar-refractivity contribution in [3.63, 3.8) is 0 Å². The molecule has 27 heteroatoms. The summed E-state index contributed by atoms with van der Waals surface area (Å²) in [5.74, 6) is -1.56. The molecule has 5 aromatic rings. The van der Waals surface area contributed by atoms with Crippen molar-refractivity contribution in [3.8, 4) is 0 Å². The Morgan fingerprint density at radius 3 is 2.02 bits per heavy atom. The number of carbonyl (C=O) groups is 2. The number of rotatable bonds is 6. The number of nitrogens with zero attached hydrogens (tertiary/aromatic N) is 7. The van der Waals surface area contributed by atoms with Gasteiger partial charge in [0.25, 0.3) is 0 Å². The topological polar surface area (TPSA) is 261 Å². The summed E-state index contributed by atoms with van der Waals surface area (Å²) in [7, 11) is -9.28. The zero-order valence-corrected chi connectivity index (χ0v) is 33.9. The second kappa shape index (κ2) is 16.0. The van der Waals surface area contributed by atoms with Gasteiger partial charge in [-0.05, 0) is 0 Å². The van der Waals surface area contributed by atoms with Crippen molar-refractivity contribution in [1.29, 1.82) is 0 Å². The number of halogens is 2. The fourth-order valence-corrected chi connectivity index (χ4v) is 9.87. The summed E-state index contributed by atoms with van der Waals surface area (Å²) in [6.07, 6.45) is -9.99. The summed E-state index contributed by atoms with van der Waals surface area (Å²) in [5.41, 5.74) is -0.567. The van der Waals surface area contributed by atoms with Gasteiger partial charge in [0.05, 0.1) is 0 Å². The number of aromatic amines is 1. The molecule has 58 heavy (non-hydrogen) atoms. The third-order valence-electron chi connectivity index (χ3n) is 9.36. The second-order valence-electron chi connectivity index (χ2n) is 13.7. The standard InChI is InChI=1S/C31H36F2N10O11P2S2/c1-13(2)26(44)40-31-39-25-20(28(46)41-31)37-12-43(25)30-18(33)22-16(52-30)9-50-55(47,57)53-21-15(8-49-56(48,58)54-22)51-29(17(21)32)42-11-36-19-23(34-10-35-24(19)42)38-27(45)14-6-4-3-5-7-14/h3-7,10-13,15-18,21-22,29-30,47-48,55-58H,8-9H2,1-2H3,(H,34,35,38,45)(H2,39,40,41,44,46)/t15-,16-,17-,18-,21-,22-,29-,30-/m1/s1. The molecule has 21 nitrogen and oxygen atoms in total. The fourth-order valence-electron chi connectivity index (χ4n) is 6.52. The molecular formula is C31H36F2N10O11P2S2. The number of ether oxygens (including phenoxy) is 2. The van der Waals surface area contributed by atoms with Crippen LogP contribution in [0.1, 0.15) is 36.7 Å². The summed E-state index contributed by atoms with van der Waals surface area (Å²) in [4.78, 5) is 83.7. The molecule has 4 aromatic heterocycles. The van der Waals surface area contributed by atoms with Crippen LogP contribution in [0.25, 0.3) is 22.3 Å². The number of H-pyrrole nitrogens is 1. The Bertz CT molecular complexity index is 2410. The zero-order valence-electron chi connectivity index (χ0n) is 30.1. The van der Waals surface area contributed by atoms with Gasteiger partial charge in [0, 0.05) is 0 Å². The maximum absolute atomic E-state index is 16.5.